The molecule has 1 fully saturated rings. The molecule has 152 valence electrons. The smallest absolute Gasteiger partial charge is 0.360 e. The van der Waals surface area contributed by atoms with Gasteiger partial charge < -0.3 is 18.9 Å². The highest BCUT2D eigenvalue weighted by Gasteiger charge is 2.40. The van der Waals surface area contributed by atoms with Crippen LogP contribution in [-0.2, 0) is 4.74 Å². The van der Waals surface area contributed by atoms with Crippen LogP contribution in [0.1, 0.15) is 18.4 Å². The Hall–Kier alpha value is -3.47. The third-order valence-corrected chi connectivity index (χ3v) is 4.61. The first-order valence-corrected chi connectivity index (χ1v) is 8.87. The summed E-state index contributed by atoms with van der Waals surface area (Å²) in [7, 11) is 2.95. The lowest BCUT2D eigenvalue weighted by molar-refractivity contribution is 0.0600. The zero-order valence-electron chi connectivity index (χ0n) is 15.8. The molecule has 1 aromatic heterocycles. The van der Waals surface area contributed by atoms with E-state index in [4.69, 9.17) is 14.0 Å². The summed E-state index contributed by atoms with van der Waals surface area (Å²) in [6.45, 7) is 0.909. The summed E-state index contributed by atoms with van der Waals surface area (Å²) in [6.07, 6.45) is 3.86. The molecule has 4 rings (SSSR count). The van der Waals surface area contributed by atoms with Gasteiger partial charge in [0, 0.05) is 25.4 Å². The second-order valence-electron chi connectivity index (χ2n) is 6.40. The van der Waals surface area contributed by atoms with E-state index >= 15 is 0 Å². The number of aromatic nitrogens is 2. The number of para-hydroxylation sites is 1. The number of hydrazine groups is 1. The van der Waals surface area contributed by atoms with Gasteiger partial charge in [-0.05, 0) is 18.6 Å². The number of rotatable bonds is 5. The second kappa shape index (κ2) is 7.87. The quantitative estimate of drug-likeness (QED) is 0.816. The summed E-state index contributed by atoms with van der Waals surface area (Å²) in [6, 6.07) is 3.72. The van der Waals surface area contributed by atoms with E-state index in [0.29, 0.717) is 25.1 Å². The molecule has 0 unspecified atom stereocenters. The molecule has 1 atom stereocenters. The molecule has 0 aliphatic carbocycles. The van der Waals surface area contributed by atoms with Gasteiger partial charge in [-0.15, -0.1) is 5.12 Å². The molecule has 29 heavy (non-hydrogen) atoms. The van der Waals surface area contributed by atoms with Gasteiger partial charge in [0.25, 0.3) is 0 Å². The van der Waals surface area contributed by atoms with Gasteiger partial charge in [-0.25, -0.2) is 9.18 Å². The minimum absolute atomic E-state index is 0.0342. The molecule has 0 bridgehead atoms. The lowest BCUT2D eigenvalue weighted by atomic mass is 10.0. The highest BCUT2D eigenvalue weighted by atomic mass is 19.1. The lowest BCUT2D eigenvalue weighted by Gasteiger charge is -2.40. The van der Waals surface area contributed by atoms with E-state index in [1.807, 2.05) is 0 Å². The van der Waals surface area contributed by atoms with Crippen LogP contribution in [0.25, 0.3) is 11.4 Å². The predicted octanol–water partition coefficient (Wildman–Crippen LogP) is 2.09. The molecule has 1 N–H and O–H groups in total. The van der Waals surface area contributed by atoms with Gasteiger partial charge in [-0.3, -0.25) is 5.43 Å². The first-order valence-electron chi connectivity index (χ1n) is 8.87. The third-order valence-electron chi connectivity index (χ3n) is 4.61. The molecule has 0 spiro atoms. The number of hydrogen-bond donors (Lipinski definition) is 1. The van der Waals surface area contributed by atoms with Gasteiger partial charge in [0.1, 0.15) is 6.04 Å². The number of likely N-dealkylation sites (tertiary alicyclic amines) is 1. The van der Waals surface area contributed by atoms with Crippen molar-refractivity contribution in [1.29, 1.82) is 0 Å². The highest BCUT2D eigenvalue weighted by molar-refractivity contribution is 5.83. The monoisotopic (exact) mass is 402 g/mol. The minimum Gasteiger partial charge on any atom is -0.493 e. The number of urea groups is 1. The first kappa shape index (κ1) is 18.9. The van der Waals surface area contributed by atoms with Crippen molar-refractivity contribution in [2.24, 2.45) is 5.10 Å². The Morgan fingerprint density at radius 2 is 2.28 bits per heavy atom. The van der Waals surface area contributed by atoms with Crippen LogP contribution in [-0.4, -0.2) is 59.8 Å². The number of nitrogens with one attached hydrogen (secondary N) is 1. The van der Waals surface area contributed by atoms with Crippen molar-refractivity contribution in [2.45, 2.75) is 12.5 Å². The van der Waals surface area contributed by atoms with Crippen molar-refractivity contribution < 1.29 is 23.2 Å². The fourth-order valence-corrected chi connectivity index (χ4v) is 3.06. The maximum absolute atomic E-state index is 13.9. The van der Waals surface area contributed by atoms with E-state index in [-0.39, 0.29) is 29.5 Å². The van der Waals surface area contributed by atoms with Crippen molar-refractivity contribution in [3.05, 3.63) is 41.7 Å². The molecule has 1 saturated heterocycles. The van der Waals surface area contributed by atoms with Crippen molar-refractivity contribution in [2.75, 3.05) is 27.4 Å². The van der Waals surface area contributed by atoms with Gasteiger partial charge in [0.2, 0.25) is 11.7 Å². The van der Waals surface area contributed by atoms with E-state index in [9.17, 15) is 9.18 Å². The van der Waals surface area contributed by atoms with Gasteiger partial charge in [0.15, 0.2) is 11.6 Å². The maximum Gasteiger partial charge on any atom is 0.360 e. The fraction of sp³-hybridized carbons (Fsp3) is 0.333. The molecule has 2 aliphatic heterocycles. The second-order valence-corrected chi connectivity index (χ2v) is 6.40. The maximum atomic E-state index is 13.9. The predicted molar refractivity (Wildman–Crippen MR) is 99.1 cm³/mol. The summed E-state index contributed by atoms with van der Waals surface area (Å²) in [5, 5.41) is 9.12. The Balaban J connectivity index is 1.48. The molecule has 11 heteroatoms. The van der Waals surface area contributed by atoms with E-state index in [0.717, 1.165) is 10.7 Å². The number of nitrogens with zero attached hydrogens (tertiary/aromatic N) is 5. The third kappa shape index (κ3) is 3.51. The molecule has 1 aromatic carbocycles. The van der Waals surface area contributed by atoms with Crippen LogP contribution in [0.4, 0.5) is 9.18 Å². The minimum atomic E-state index is -0.522. The molecule has 0 radical (unpaired) electrons. The number of halogens is 1. The van der Waals surface area contributed by atoms with Crippen LogP contribution >= 0.6 is 0 Å². The summed E-state index contributed by atoms with van der Waals surface area (Å²) >= 11 is 0. The Morgan fingerprint density at radius 3 is 2.93 bits per heavy atom. The zero-order chi connectivity index (χ0) is 20.4. The molecule has 2 aliphatic rings. The fourth-order valence-electron chi connectivity index (χ4n) is 3.06. The summed E-state index contributed by atoms with van der Waals surface area (Å²) in [5.74, 6) is -0.0296. The van der Waals surface area contributed by atoms with E-state index in [1.54, 1.807) is 30.5 Å². The van der Waals surface area contributed by atoms with Crippen LogP contribution in [0.5, 0.6) is 5.75 Å². The number of amides is 2. The SMILES string of the molecule is COCC1=CNN(C(=O)N2CC[C@H]2c2nc(-c3cccc(F)c3OC)no2)N=C1. The Labute approximate surface area is 165 Å². The van der Waals surface area contributed by atoms with E-state index in [2.05, 4.69) is 20.7 Å². The topological polar surface area (TPSA) is 105 Å². The molecule has 10 nitrogen and oxygen atoms in total. The molecular formula is C18H19FN6O4. The van der Waals surface area contributed by atoms with Gasteiger partial charge in [0.05, 0.1) is 25.5 Å². The average molecular weight is 402 g/mol. The van der Waals surface area contributed by atoms with Crippen LogP contribution in [0.15, 0.2) is 39.6 Å². The number of ether oxygens (including phenoxy) is 2. The van der Waals surface area contributed by atoms with Crippen LogP contribution in [0.2, 0.25) is 0 Å². The first-order chi connectivity index (χ1) is 14.1. The number of methoxy groups -OCH3 is 2. The number of carbonyl (C=O) groups excluding carboxylic acids is 1. The zero-order valence-corrected chi connectivity index (χ0v) is 15.8. The Bertz CT molecular complexity index is 975. The summed E-state index contributed by atoms with van der Waals surface area (Å²) in [4.78, 5) is 18.6. The van der Waals surface area contributed by atoms with Crippen molar-refractivity contribution in [1.82, 2.24) is 25.6 Å². The standard InChI is InChI=1S/C18H19FN6O4/c1-27-10-11-8-20-25(21-9-11)18(26)24-7-6-14(24)17-22-16(23-29-17)12-4-3-5-13(19)15(12)28-2/h3-5,8-9,14,20H,6-7,10H2,1-2H3/t14-/m0/s1. The van der Waals surface area contributed by atoms with Crippen LogP contribution in [0, 0.1) is 5.82 Å². The van der Waals surface area contributed by atoms with Gasteiger partial charge in [-0.1, -0.05) is 11.2 Å². The van der Waals surface area contributed by atoms with Crippen molar-refractivity contribution >= 4 is 12.2 Å². The lowest BCUT2D eigenvalue weighted by Crippen LogP contribution is -2.53. The van der Waals surface area contributed by atoms with Gasteiger partial charge >= 0.3 is 6.03 Å². The van der Waals surface area contributed by atoms with E-state index < -0.39 is 5.82 Å². The van der Waals surface area contributed by atoms with Crippen molar-refractivity contribution in [3.63, 3.8) is 0 Å². The molecular weight excluding hydrogens is 383 g/mol. The average Bonchev–Trinajstić information content (AvgIpc) is 3.17. The van der Waals surface area contributed by atoms with E-state index in [1.165, 1.54) is 19.2 Å². The highest BCUT2D eigenvalue weighted by Crippen LogP contribution is 2.36. The van der Waals surface area contributed by atoms with Gasteiger partial charge in [-0.2, -0.15) is 10.1 Å². The molecule has 0 saturated carbocycles. The molecule has 3 heterocycles. The number of benzene rings is 1. The molecule has 2 amide bonds. The Kier molecular flexibility index (Phi) is 5.12. The largest absolute Gasteiger partial charge is 0.493 e. The number of hydrazone groups is 1. The number of hydrogen-bond acceptors (Lipinski definition) is 8. The summed E-state index contributed by atoms with van der Waals surface area (Å²) < 4.78 is 29.4. The molecule has 2 aromatic rings. The number of carbonyl (C=O) groups is 1. The van der Waals surface area contributed by atoms with Crippen molar-refractivity contribution in [3.8, 4) is 17.1 Å². The normalized spacial score (nSPS) is 18.2. The van der Waals surface area contributed by atoms with Crippen LogP contribution in [0.3, 0.4) is 0 Å². The Morgan fingerprint density at radius 1 is 1.41 bits per heavy atom. The van der Waals surface area contributed by atoms with Crippen LogP contribution < -0.4 is 10.2 Å². The summed E-state index contributed by atoms with van der Waals surface area (Å²) in [5.41, 5.74) is 3.99.